The van der Waals surface area contributed by atoms with Gasteiger partial charge < -0.3 is 60.7 Å². The summed E-state index contributed by atoms with van der Waals surface area (Å²) >= 11 is 0. The van der Waals surface area contributed by atoms with E-state index in [0.29, 0.717) is 0 Å². The molecule has 2 aliphatic heterocycles. The van der Waals surface area contributed by atoms with Gasteiger partial charge in [-0.25, -0.2) is 0 Å². The van der Waals surface area contributed by atoms with E-state index < -0.39 is 85.4 Å². The molecule has 7 N–H and O–H groups in total. The number of rotatable bonds is 7. The van der Waals surface area contributed by atoms with E-state index in [-0.39, 0.29) is 52.8 Å². The zero-order valence-corrected chi connectivity index (χ0v) is 18.1. The van der Waals surface area contributed by atoms with E-state index in [1.165, 1.54) is 0 Å². The van der Waals surface area contributed by atoms with Crippen LogP contribution in [0.3, 0.4) is 0 Å². The molecule has 0 radical (unpaired) electrons. The Bertz CT molecular complexity index is 465. The summed E-state index contributed by atoms with van der Waals surface area (Å²) in [6.07, 6.45) is -13.6. The molecule has 2 heterocycles. The molecule has 0 aromatic carbocycles. The van der Waals surface area contributed by atoms with E-state index in [2.05, 4.69) is 4.29 Å². The van der Waals surface area contributed by atoms with Crippen LogP contribution in [0.2, 0.25) is 0 Å². The zero-order chi connectivity index (χ0) is 19.6. The molecule has 0 unspecified atom stereocenters. The molecule has 13 nitrogen and oxygen atoms in total. The second-order valence-corrected chi connectivity index (χ2v) is 6.44. The van der Waals surface area contributed by atoms with Gasteiger partial charge in [0.25, 0.3) is 10.8 Å². The van der Waals surface area contributed by atoms with Crippen molar-refractivity contribution in [3.63, 3.8) is 0 Å². The predicted molar refractivity (Wildman–Crippen MR) is 68.6 cm³/mol. The first-order chi connectivity index (χ1) is 12.2. The molecule has 0 aromatic heterocycles. The summed E-state index contributed by atoms with van der Waals surface area (Å²) in [5, 5.41) is 67.9. The maximum Gasteiger partial charge on any atom is 1.00 e. The van der Waals surface area contributed by atoms with Gasteiger partial charge in [0.15, 0.2) is 6.29 Å². The molecular formula is C12H22ClKO13. The normalized spacial score (nSPS) is 45.1. The maximum atomic E-state index is 10.6. The van der Waals surface area contributed by atoms with Gasteiger partial charge in [-0.1, -0.05) is 0 Å². The number of hydrogen-bond acceptors (Lipinski definition) is 13. The number of aliphatic hydroxyl groups excluding tert-OH is 7. The Labute approximate surface area is 200 Å². The Hall–Kier alpha value is 1.41. The van der Waals surface area contributed by atoms with E-state index in [4.69, 9.17) is 19.3 Å². The summed E-state index contributed by atoms with van der Waals surface area (Å²) in [6.45, 7) is -2.54. The summed E-state index contributed by atoms with van der Waals surface area (Å²) in [7, 11) is -2.71. The Morgan fingerprint density at radius 3 is 2.00 bits per heavy atom. The van der Waals surface area contributed by atoms with Gasteiger partial charge in [0.05, 0.1) is 13.2 Å². The second-order valence-electron chi connectivity index (χ2n) is 5.84. The van der Waals surface area contributed by atoms with E-state index in [0.717, 1.165) is 0 Å². The molecular weight excluding hydrogens is 427 g/mol. The molecule has 2 aliphatic rings. The summed E-state index contributed by atoms with van der Waals surface area (Å²) in [4.78, 5) is 0. The maximum absolute atomic E-state index is 10.6. The van der Waals surface area contributed by atoms with Crippen LogP contribution in [0.5, 0.6) is 0 Å². The van der Waals surface area contributed by atoms with Crippen LogP contribution in [0.25, 0.3) is 0 Å². The van der Waals surface area contributed by atoms with Crippen LogP contribution >= 0.6 is 0 Å². The quantitative estimate of drug-likeness (QED) is 0.180. The van der Waals surface area contributed by atoms with Crippen LogP contribution < -0.4 is 60.7 Å². The Kier molecular flexibility index (Phi) is 10.9. The third-order valence-corrected chi connectivity index (χ3v) is 4.48. The molecule has 0 saturated carbocycles. The molecule has 27 heavy (non-hydrogen) atoms. The molecule has 2 rings (SSSR count). The second kappa shape index (κ2) is 11.1. The van der Waals surface area contributed by atoms with Crippen molar-refractivity contribution in [2.45, 2.75) is 54.8 Å². The fraction of sp³-hybridized carbons (Fsp3) is 1.00. The van der Waals surface area contributed by atoms with Crippen LogP contribution in [0, 0.1) is 10.8 Å². The largest absolute Gasteiger partial charge is 1.00 e. The van der Waals surface area contributed by atoms with Crippen molar-refractivity contribution in [1.82, 2.24) is 0 Å². The zero-order valence-electron chi connectivity index (χ0n) is 15.2. The van der Waals surface area contributed by atoms with Gasteiger partial charge >= 0.3 is 51.4 Å². The van der Waals surface area contributed by atoms with E-state index >= 15 is 0 Å². The van der Waals surface area contributed by atoms with Crippen molar-refractivity contribution in [1.29, 1.82) is 0 Å². The van der Waals surface area contributed by atoms with Crippen LogP contribution in [-0.4, -0.2) is 110 Å². The minimum atomic E-state index is -2.71. The number of aliphatic hydroxyl groups is 7. The van der Waals surface area contributed by atoms with E-state index in [1.807, 2.05) is 0 Å². The fourth-order valence-electron chi connectivity index (χ4n) is 2.74. The first-order valence-corrected chi connectivity index (χ1v) is 8.41. The summed E-state index contributed by atoms with van der Waals surface area (Å²) < 4.78 is 41.1. The van der Waals surface area contributed by atoms with E-state index in [9.17, 15) is 40.0 Å². The molecule has 0 aliphatic carbocycles. The minimum absolute atomic E-state index is 0. The first-order valence-electron chi connectivity index (χ1n) is 7.48. The van der Waals surface area contributed by atoms with Crippen LogP contribution in [-0.2, 0) is 18.5 Å². The molecule has 156 valence electrons. The van der Waals surface area contributed by atoms with E-state index in [1.54, 1.807) is 0 Å². The van der Waals surface area contributed by atoms with Crippen molar-refractivity contribution in [3.8, 4) is 0 Å². The average molecular weight is 449 g/mol. The van der Waals surface area contributed by atoms with Gasteiger partial charge in [0, 0.05) is 4.29 Å². The minimum Gasteiger partial charge on any atom is -1.00 e. The van der Waals surface area contributed by atoms with Gasteiger partial charge in [0.2, 0.25) is 12.4 Å². The number of halogens is 1. The van der Waals surface area contributed by atoms with Crippen molar-refractivity contribution in [2.75, 3.05) is 19.8 Å². The molecule has 2 fully saturated rings. The molecule has 15 heteroatoms. The molecule has 0 spiro atoms. The number of hydrogen-bond donors (Lipinski definition) is 7. The predicted octanol–water partition coefficient (Wildman–Crippen LogP) is -10.2. The van der Waals surface area contributed by atoms with Crippen molar-refractivity contribution < 1.29 is 127 Å². The SMILES string of the molecule is [H-].[K+].[O-][Cl+2]([O-])OC[C@@]1(O[C@H]2O[C@H](CO)[C@@H](O)[C@H](O)[C@H]2O)O[C@H](CO)[C@@H](O)[C@@H]1O. The van der Waals surface area contributed by atoms with Crippen LogP contribution in [0.4, 0.5) is 0 Å². The summed E-state index contributed by atoms with van der Waals surface area (Å²) in [5.74, 6) is -2.41. The fourth-order valence-corrected chi connectivity index (χ4v) is 2.98. The van der Waals surface area contributed by atoms with Crippen molar-refractivity contribution in [2.24, 2.45) is 0 Å². The standard InChI is InChI=1S/C12H21ClO13.K.H/c14-1-4-6(16)8(18)9(19)11(24-4)26-12(3-23-13(21)22)10(20)7(17)5(2-15)25-12;;/h4-11,14-20H,1-3H2;;/q;+1;-1/t4-,5-,6-,7-,8+,9-,10+,11-,12+;;/m1../s1. The molecule has 0 aromatic rings. The van der Waals surface area contributed by atoms with Gasteiger partial charge in [-0.05, 0) is 0 Å². The van der Waals surface area contributed by atoms with Crippen LogP contribution in [0.15, 0.2) is 0 Å². The van der Waals surface area contributed by atoms with Gasteiger partial charge in [0.1, 0.15) is 42.7 Å². The molecule has 0 amide bonds. The molecule has 2 saturated heterocycles. The third kappa shape index (κ3) is 5.76. The smallest absolute Gasteiger partial charge is 1.00 e. The van der Waals surface area contributed by atoms with Crippen molar-refractivity contribution in [3.05, 3.63) is 0 Å². The van der Waals surface area contributed by atoms with Crippen molar-refractivity contribution >= 4 is 0 Å². The number of ether oxygens (including phenoxy) is 3. The summed E-state index contributed by atoms with van der Waals surface area (Å²) in [5.41, 5.74) is 0. The van der Waals surface area contributed by atoms with Gasteiger partial charge in [-0.2, -0.15) is 0 Å². The van der Waals surface area contributed by atoms with Gasteiger partial charge in [-0.15, -0.1) is 0 Å². The Balaban J connectivity index is 0.00000364. The first kappa shape index (κ1) is 26.4. The third-order valence-electron chi connectivity index (χ3n) is 4.19. The molecule has 9 atom stereocenters. The average Bonchev–Trinajstić information content (AvgIpc) is 2.85. The summed E-state index contributed by atoms with van der Waals surface area (Å²) in [6, 6.07) is 0. The van der Waals surface area contributed by atoms with Crippen LogP contribution in [0.1, 0.15) is 1.43 Å². The topological polar surface area (TPSA) is 225 Å². The monoisotopic (exact) mass is 448 g/mol. The molecule has 0 bridgehead atoms. The Morgan fingerprint density at radius 2 is 1.52 bits per heavy atom. The van der Waals surface area contributed by atoms with Gasteiger partial charge in [-0.3, -0.25) is 0 Å². The Morgan fingerprint density at radius 1 is 0.926 bits per heavy atom.